The Bertz CT molecular complexity index is 642. The average molecular weight is 323 g/mol. The zero-order chi connectivity index (χ0) is 16.3. The summed E-state index contributed by atoms with van der Waals surface area (Å²) in [5, 5.41) is 8.38. The van der Waals surface area contributed by atoms with Crippen molar-refractivity contribution in [2.24, 2.45) is 0 Å². The van der Waals surface area contributed by atoms with Crippen LogP contribution in [0.3, 0.4) is 0 Å². The summed E-state index contributed by atoms with van der Waals surface area (Å²) in [4.78, 5) is 13.7. The van der Waals surface area contributed by atoms with Gasteiger partial charge in [-0.05, 0) is 19.1 Å². The number of aromatic nitrogens is 2. The second kappa shape index (κ2) is 6.56. The van der Waals surface area contributed by atoms with Crippen LogP contribution < -0.4 is 0 Å². The van der Waals surface area contributed by atoms with E-state index in [0.717, 1.165) is 11.5 Å². The van der Waals surface area contributed by atoms with Crippen molar-refractivity contribution < 1.29 is 13.6 Å². The quantitative estimate of drug-likeness (QED) is 0.788. The molecule has 6 nitrogen and oxygen atoms in total. The zero-order valence-corrected chi connectivity index (χ0v) is 14.4. The van der Waals surface area contributed by atoms with Crippen LogP contribution in [0.2, 0.25) is 0 Å². The van der Waals surface area contributed by atoms with Gasteiger partial charge in [-0.2, -0.15) is 0 Å². The number of nitrogens with zero attached hydrogens (tertiary/aromatic N) is 3. The number of furan rings is 1. The third-order valence-corrected chi connectivity index (χ3v) is 3.79. The topological polar surface area (TPSA) is 72.4 Å². The van der Waals surface area contributed by atoms with Crippen molar-refractivity contribution in [2.45, 2.75) is 44.9 Å². The van der Waals surface area contributed by atoms with Gasteiger partial charge in [0.2, 0.25) is 11.8 Å². The van der Waals surface area contributed by atoms with Crippen LogP contribution in [-0.4, -0.2) is 33.8 Å². The van der Waals surface area contributed by atoms with E-state index >= 15 is 0 Å². The minimum absolute atomic E-state index is 0.0189. The van der Waals surface area contributed by atoms with Crippen LogP contribution in [0.1, 0.15) is 38.2 Å². The summed E-state index contributed by atoms with van der Waals surface area (Å²) in [5.41, 5.74) is -0.191. The largest absolute Gasteiger partial charge is 0.464 e. The van der Waals surface area contributed by atoms with Gasteiger partial charge in [0.15, 0.2) is 0 Å². The molecule has 0 spiro atoms. The number of amides is 1. The van der Waals surface area contributed by atoms with E-state index in [1.54, 1.807) is 11.9 Å². The summed E-state index contributed by atoms with van der Waals surface area (Å²) in [6, 6.07) is 3.76. The van der Waals surface area contributed by atoms with Crippen LogP contribution in [0, 0.1) is 6.92 Å². The van der Waals surface area contributed by atoms with E-state index in [-0.39, 0.29) is 17.1 Å². The standard InChI is InChI=1S/C15H21N3O3S/c1-10-6-7-11(20-10)8-18(5)12(19)9-22-14-17-16-13(21-14)15(2,3)4/h6-7H,8-9H2,1-5H3. The predicted octanol–water partition coefficient (Wildman–Crippen LogP) is 3.02. The highest BCUT2D eigenvalue weighted by Crippen LogP contribution is 2.24. The molecule has 0 fully saturated rings. The molecule has 0 aromatic carbocycles. The fraction of sp³-hybridized carbons (Fsp3) is 0.533. The maximum absolute atomic E-state index is 12.1. The van der Waals surface area contributed by atoms with Crippen LogP contribution in [0.15, 0.2) is 26.2 Å². The van der Waals surface area contributed by atoms with Crippen molar-refractivity contribution in [3.63, 3.8) is 0 Å². The SMILES string of the molecule is Cc1ccc(CN(C)C(=O)CSc2nnc(C(C)(C)C)o2)o1. The maximum Gasteiger partial charge on any atom is 0.277 e. The molecule has 2 rings (SSSR count). The molecule has 1 amide bonds. The molecule has 0 aliphatic heterocycles. The van der Waals surface area contributed by atoms with Crippen molar-refractivity contribution in [1.82, 2.24) is 15.1 Å². The molecule has 2 aromatic rings. The van der Waals surface area contributed by atoms with Gasteiger partial charge in [-0.15, -0.1) is 10.2 Å². The van der Waals surface area contributed by atoms with Crippen LogP contribution >= 0.6 is 11.8 Å². The van der Waals surface area contributed by atoms with Gasteiger partial charge >= 0.3 is 0 Å². The van der Waals surface area contributed by atoms with E-state index in [2.05, 4.69) is 10.2 Å². The lowest BCUT2D eigenvalue weighted by molar-refractivity contribution is -0.127. The van der Waals surface area contributed by atoms with Gasteiger partial charge in [0, 0.05) is 12.5 Å². The molecule has 0 aliphatic rings. The van der Waals surface area contributed by atoms with E-state index in [4.69, 9.17) is 8.83 Å². The monoisotopic (exact) mass is 323 g/mol. The highest BCUT2D eigenvalue weighted by atomic mass is 32.2. The summed E-state index contributed by atoms with van der Waals surface area (Å²) in [7, 11) is 1.75. The Morgan fingerprint density at radius 2 is 2.00 bits per heavy atom. The molecule has 2 heterocycles. The molecule has 7 heteroatoms. The summed E-state index contributed by atoms with van der Waals surface area (Å²) < 4.78 is 11.0. The van der Waals surface area contributed by atoms with E-state index in [1.165, 1.54) is 11.8 Å². The van der Waals surface area contributed by atoms with Crippen LogP contribution in [0.25, 0.3) is 0 Å². The summed E-state index contributed by atoms with van der Waals surface area (Å²) in [6.07, 6.45) is 0. The molecular weight excluding hydrogens is 302 g/mol. The van der Waals surface area contributed by atoms with E-state index in [9.17, 15) is 4.79 Å². The lowest BCUT2D eigenvalue weighted by Crippen LogP contribution is -2.27. The first-order valence-corrected chi connectivity index (χ1v) is 8.00. The maximum atomic E-state index is 12.1. The fourth-order valence-electron chi connectivity index (χ4n) is 1.70. The van der Waals surface area contributed by atoms with Crippen molar-refractivity contribution in [3.05, 3.63) is 29.5 Å². The normalized spacial score (nSPS) is 11.7. The highest BCUT2D eigenvalue weighted by Gasteiger charge is 2.22. The Morgan fingerprint density at radius 1 is 1.27 bits per heavy atom. The number of carbonyl (C=O) groups is 1. The molecule has 2 aromatic heterocycles. The molecule has 0 saturated carbocycles. The molecule has 0 N–H and O–H groups in total. The Hall–Kier alpha value is -1.76. The number of thioether (sulfide) groups is 1. The smallest absolute Gasteiger partial charge is 0.277 e. The van der Waals surface area contributed by atoms with Gasteiger partial charge in [0.25, 0.3) is 5.22 Å². The summed E-state index contributed by atoms with van der Waals surface area (Å²) in [6.45, 7) is 8.32. The number of hydrogen-bond donors (Lipinski definition) is 0. The molecule has 0 atom stereocenters. The van der Waals surface area contributed by atoms with Crippen LogP contribution in [-0.2, 0) is 16.8 Å². The Kier molecular flexibility index (Phi) is 4.95. The van der Waals surface area contributed by atoms with Crippen molar-refractivity contribution >= 4 is 17.7 Å². The zero-order valence-electron chi connectivity index (χ0n) is 13.5. The molecule has 0 aliphatic carbocycles. The third-order valence-electron chi connectivity index (χ3n) is 2.98. The number of carbonyl (C=O) groups excluding carboxylic acids is 1. The molecule has 0 bridgehead atoms. The number of hydrogen-bond acceptors (Lipinski definition) is 6. The number of rotatable bonds is 5. The number of aryl methyl sites for hydroxylation is 1. The second-order valence-corrected chi connectivity index (χ2v) is 7.10. The van der Waals surface area contributed by atoms with Crippen molar-refractivity contribution in [2.75, 3.05) is 12.8 Å². The van der Waals surface area contributed by atoms with Gasteiger partial charge in [0.1, 0.15) is 11.5 Å². The van der Waals surface area contributed by atoms with E-state index < -0.39 is 0 Å². The van der Waals surface area contributed by atoms with Crippen molar-refractivity contribution in [3.8, 4) is 0 Å². The van der Waals surface area contributed by atoms with Crippen molar-refractivity contribution in [1.29, 1.82) is 0 Å². The summed E-state index contributed by atoms with van der Waals surface area (Å²) >= 11 is 1.25. The molecule has 120 valence electrons. The van der Waals surface area contributed by atoms with Crippen LogP contribution in [0.4, 0.5) is 0 Å². The predicted molar refractivity (Wildman–Crippen MR) is 83.6 cm³/mol. The minimum atomic E-state index is -0.191. The minimum Gasteiger partial charge on any atom is -0.464 e. The van der Waals surface area contributed by atoms with Gasteiger partial charge < -0.3 is 13.7 Å². The molecular formula is C15H21N3O3S. The van der Waals surface area contributed by atoms with Gasteiger partial charge in [-0.3, -0.25) is 4.79 Å². The molecule has 0 radical (unpaired) electrons. The van der Waals surface area contributed by atoms with E-state index in [0.29, 0.717) is 17.7 Å². The van der Waals surface area contributed by atoms with Gasteiger partial charge in [-0.1, -0.05) is 32.5 Å². The Balaban J connectivity index is 1.85. The summed E-state index contributed by atoms with van der Waals surface area (Å²) in [5.74, 6) is 2.41. The van der Waals surface area contributed by atoms with Gasteiger partial charge in [0.05, 0.1) is 12.3 Å². The Labute approximate surface area is 134 Å². The molecule has 0 saturated heterocycles. The lowest BCUT2D eigenvalue weighted by Gasteiger charge is -2.14. The Morgan fingerprint density at radius 3 is 2.55 bits per heavy atom. The second-order valence-electron chi connectivity index (χ2n) is 6.17. The van der Waals surface area contributed by atoms with E-state index in [1.807, 2.05) is 39.8 Å². The molecule has 0 unspecified atom stereocenters. The van der Waals surface area contributed by atoms with Gasteiger partial charge in [-0.25, -0.2) is 0 Å². The van der Waals surface area contributed by atoms with Crippen LogP contribution in [0.5, 0.6) is 0 Å². The fourth-order valence-corrected chi connectivity index (χ4v) is 2.40. The third kappa shape index (κ3) is 4.37. The first-order chi connectivity index (χ1) is 10.3. The first-order valence-electron chi connectivity index (χ1n) is 7.02. The average Bonchev–Trinajstić information content (AvgIpc) is 3.04. The highest BCUT2D eigenvalue weighted by molar-refractivity contribution is 7.99. The first kappa shape index (κ1) is 16.6. The molecule has 22 heavy (non-hydrogen) atoms. The lowest BCUT2D eigenvalue weighted by atomic mass is 9.97.